The summed E-state index contributed by atoms with van der Waals surface area (Å²) in [6, 6.07) is 11.3. The van der Waals surface area contributed by atoms with E-state index >= 15 is 0 Å². The Hall–Kier alpha value is -2.73. The summed E-state index contributed by atoms with van der Waals surface area (Å²) in [7, 11) is 1.43. The normalized spacial score (nSPS) is 24.3. The number of aromatic nitrogens is 1. The number of fused-ring (bicyclic) bond motifs is 1. The van der Waals surface area contributed by atoms with E-state index in [0.29, 0.717) is 16.7 Å². The van der Waals surface area contributed by atoms with Crippen molar-refractivity contribution in [2.75, 3.05) is 12.0 Å². The van der Waals surface area contributed by atoms with Crippen LogP contribution in [0.15, 0.2) is 47.6 Å². The van der Waals surface area contributed by atoms with Crippen molar-refractivity contribution < 1.29 is 14.3 Å². The first-order chi connectivity index (χ1) is 15.0. The molecular formula is C24H24ClN3O3. The molecule has 3 aliphatic rings. The molecule has 1 amide bonds. The van der Waals surface area contributed by atoms with E-state index in [1.54, 1.807) is 23.2 Å². The maximum Gasteiger partial charge on any atom is 0.316 e. The maximum absolute atomic E-state index is 13.5. The van der Waals surface area contributed by atoms with Gasteiger partial charge in [0.25, 0.3) is 0 Å². The van der Waals surface area contributed by atoms with E-state index in [0.717, 1.165) is 49.7 Å². The Morgan fingerprint density at radius 2 is 1.87 bits per heavy atom. The molecule has 0 spiro atoms. The topological polar surface area (TPSA) is 71.9 Å². The molecule has 0 saturated heterocycles. The number of pyridine rings is 1. The molecular weight excluding hydrogens is 414 g/mol. The molecule has 31 heavy (non-hydrogen) atoms. The molecule has 2 saturated carbocycles. The van der Waals surface area contributed by atoms with Crippen LogP contribution in [0.2, 0.25) is 5.02 Å². The lowest BCUT2D eigenvalue weighted by atomic mass is 9.82. The molecule has 5 rings (SSSR count). The molecule has 2 unspecified atom stereocenters. The fourth-order valence-electron chi connectivity index (χ4n) is 4.83. The minimum absolute atomic E-state index is 0.00400. The summed E-state index contributed by atoms with van der Waals surface area (Å²) in [4.78, 5) is 36.8. The van der Waals surface area contributed by atoms with Crippen molar-refractivity contribution in [2.24, 2.45) is 10.9 Å². The number of benzene rings is 1. The van der Waals surface area contributed by atoms with Gasteiger partial charge in [0.2, 0.25) is 5.91 Å². The Bertz CT molecular complexity index is 1040. The second-order valence-electron chi connectivity index (χ2n) is 8.57. The SMILES string of the molecule is COC(=O)C1(c2ccc(C3=NC4CCCCC4C(=O)N3c3ccc(Cl)cn3)cc2)CC1. The van der Waals surface area contributed by atoms with Gasteiger partial charge in [0.15, 0.2) is 0 Å². The summed E-state index contributed by atoms with van der Waals surface area (Å²) >= 11 is 6.02. The van der Waals surface area contributed by atoms with Crippen LogP contribution in [0.3, 0.4) is 0 Å². The molecule has 1 aliphatic heterocycles. The number of amides is 1. The van der Waals surface area contributed by atoms with Crippen molar-refractivity contribution in [1.82, 2.24) is 4.98 Å². The molecule has 2 aliphatic carbocycles. The van der Waals surface area contributed by atoms with Crippen LogP contribution >= 0.6 is 11.6 Å². The first-order valence-corrected chi connectivity index (χ1v) is 11.1. The summed E-state index contributed by atoms with van der Waals surface area (Å²) in [6.07, 6.45) is 7.04. The van der Waals surface area contributed by atoms with Gasteiger partial charge in [0.1, 0.15) is 11.7 Å². The fourth-order valence-corrected chi connectivity index (χ4v) is 4.95. The van der Waals surface area contributed by atoms with Gasteiger partial charge >= 0.3 is 5.97 Å². The van der Waals surface area contributed by atoms with E-state index in [-0.39, 0.29) is 23.8 Å². The predicted molar refractivity (Wildman–Crippen MR) is 118 cm³/mol. The number of esters is 1. The Morgan fingerprint density at radius 1 is 1.13 bits per heavy atom. The van der Waals surface area contributed by atoms with Crippen molar-refractivity contribution in [3.05, 3.63) is 58.7 Å². The number of hydrogen-bond acceptors (Lipinski definition) is 5. The van der Waals surface area contributed by atoms with Gasteiger partial charge in [-0.15, -0.1) is 0 Å². The van der Waals surface area contributed by atoms with E-state index in [4.69, 9.17) is 21.3 Å². The van der Waals surface area contributed by atoms with Gasteiger partial charge in [-0.05, 0) is 43.4 Å². The van der Waals surface area contributed by atoms with Crippen LogP contribution in [0.25, 0.3) is 0 Å². The maximum atomic E-state index is 13.5. The molecule has 160 valence electrons. The molecule has 0 N–H and O–H groups in total. The quantitative estimate of drug-likeness (QED) is 0.669. The van der Waals surface area contributed by atoms with Crippen LogP contribution < -0.4 is 4.90 Å². The summed E-state index contributed by atoms with van der Waals surface area (Å²) in [5.74, 6) is 0.875. The summed E-state index contributed by atoms with van der Waals surface area (Å²) in [6.45, 7) is 0. The highest BCUT2D eigenvalue weighted by atomic mass is 35.5. The monoisotopic (exact) mass is 437 g/mol. The molecule has 2 aromatic rings. The lowest BCUT2D eigenvalue weighted by molar-refractivity contribution is -0.143. The summed E-state index contributed by atoms with van der Waals surface area (Å²) in [5, 5.41) is 0.518. The summed E-state index contributed by atoms with van der Waals surface area (Å²) < 4.78 is 5.00. The lowest BCUT2D eigenvalue weighted by Crippen LogP contribution is -2.50. The number of ether oxygens (including phenoxy) is 1. The molecule has 1 aromatic carbocycles. The van der Waals surface area contributed by atoms with Crippen LogP contribution in [0.5, 0.6) is 0 Å². The van der Waals surface area contributed by atoms with E-state index in [2.05, 4.69) is 4.98 Å². The second kappa shape index (κ2) is 7.75. The van der Waals surface area contributed by atoms with Gasteiger partial charge in [0, 0.05) is 11.8 Å². The average molecular weight is 438 g/mol. The minimum atomic E-state index is -0.524. The van der Waals surface area contributed by atoms with Gasteiger partial charge in [-0.3, -0.25) is 14.6 Å². The van der Waals surface area contributed by atoms with Crippen LogP contribution in [0.1, 0.15) is 49.7 Å². The first kappa shape index (κ1) is 20.2. The first-order valence-electron chi connectivity index (χ1n) is 10.8. The van der Waals surface area contributed by atoms with Crippen molar-refractivity contribution >= 4 is 35.1 Å². The molecule has 2 heterocycles. The van der Waals surface area contributed by atoms with Crippen molar-refractivity contribution in [2.45, 2.75) is 50.0 Å². The molecule has 6 nitrogen and oxygen atoms in total. The highest BCUT2D eigenvalue weighted by molar-refractivity contribution is 6.30. The number of hydrogen-bond donors (Lipinski definition) is 0. The lowest BCUT2D eigenvalue weighted by Gasteiger charge is -2.38. The third-order valence-corrected chi connectivity index (χ3v) is 6.95. The predicted octanol–water partition coefficient (Wildman–Crippen LogP) is 4.29. The zero-order valence-electron chi connectivity index (χ0n) is 17.4. The Labute approximate surface area is 186 Å². The average Bonchev–Trinajstić information content (AvgIpc) is 3.62. The van der Waals surface area contributed by atoms with E-state index < -0.39 is 5.41 Å². The van der Waals surface area contributed by atoms with E-state index in [1.807, 2.05) is 24.3 Å². The molecule has 0 radical (unpaired) electrons. The highest BCUT2D eigenvalue weighted by Crippen LogP contribution is 2.49. The van der Waals surface area contributed by atoms with Gasteiger partial charge in [-0.1, -0.05) is 48.7 Å². The van der Waals surface area contributed by atoms with Crippen LogP contribution in [0.4, 0.5) is 5.82 Å². The number of carbonyl (C=O) groups excluding carboxylic acids is 2. The third kappa shape index (κ3) is 3.43. The highest BCUT2D eigenvalue weighted by Gasteiger charge is 2.52. The Kier molecular flexibility index (Phi) is 5.05. The second-order valence-corrected chi connectivity index (χ2v) is 9.01. The third-order valence-electron chi connectivity index (χ3n) is 6.73. The molecule has 1 aromatic heterocycles. The number of amidine groups is 1. The number of nitrogens with zero attached hydrogens (tertiary/aromatic N) is 3. The van der Waals surface area contributed by atoms with Crippen LogP contribution in [-0.2, 0) is 19.7 Å². The van der Waals surface area contributed by atoms with E-state index in [9.17, 15) is 9.59 Å². The number of carbonyl (C=O) groups is 2. The van der Waals surface area contributed by atoms with Crippen molar-refractivity contribution in [3.63, 3.8) is 0 Å². The minimum Gasteiger partial charge on any atom is -0.468 e. The standard InChI is InChI=1S/C24H24ClN3O3/c1-31-23(30)24(12-13-24)16-8-6-15(7-9-16)21-27-19-5-3-2-4-18(19)22(29)28(21)20-11-10-17(25)14-26-20/h6-11,14,18-19H,2-5,12-13H2,1H3. The zero-order valence-corrected chi connectivity index (χ0v) is 18.1. The van der Waals surface area contributed by atoms with Gasteiger partial charge in [-0.2, -0.15) is 0 Å². The Balaban J connectivity index is 1.54. The smallest absolute Gasteiger partial charge is 0.316 e. The molecule has 2 fully saturated rings. The number of methoxy groups -OCH3 is 1. The molecule has 7 heteroatoms. The zero-order chi connectivity index (χ0) is 21.6. The number of halogens is 1. The molecule has 2 atom stereocenters. The fraction of sp³-hybridized carbons (Fsp3) is 0.417. The molecule has 0 bridgehead atoms. The van der Waals surface area contributed by atoms with Gasteiger partial charge in [0.05, 0.1) is 29.5 Å². The number of rotatable bonds is 4. The number of anilines is 1. The summed E-state index contributed by atoms with van der Waals surface area (Å²) in [5.41, 5.74) is 1.25. The van der Waals surface area contributed by atoms with Crippen molar-refractivity contribution in [1.29, 1.82) is 0 Å². The van der Waals surface area contributed by atoms with E-state index in [1.165, 1.54) is 7.11 Å². The largest absolute Gasteiger partial charge is 0.468 e. The van der Waals surface area contributed by atoms with Gasteiger partial charge in [-0.25, -0.2) is 9.88 Å². The van der Waals surface area contributed by atoms with Gasteiger partial charge < -0.3 is 4.74 Å². The number of aliphatic imine (C=N–C) groups is 1. The van der Waals surface area contributed by atoms with Crippen LogP contribution in [-0.4, -0.2) is 35.8 Å². The van der Waals surface area contributed by atoms with Crippen molar-refractivity contribution in [3.8, 4) is 0 Å². The van der Waals surface area contributed by atoms with Crippen LogP contribution in [0, 0.1) is 5.92 Å². The Morgan fingerprint density at radius 3 is 2.52 bits per heavy atom.